The second kappa shape index (κ2) is 6.78. The van der Waals surface area contributed by atoms with E-state index in [1.807, 2.05) is 13.8 Å². The fourth-order valence-corrected chi connectivity index (χ4v) is 2.28. The van der Waals surface area contributed by atoms with Crippen LogP contribution in [0.15, 0.2) is 30.6 Å². The molecular weight excluding hydrogens is 309 g/mol. The van der Waals surface area contributed by atoms with Crippen LogP contribution in [0.5, 0.6) is 0 Å². The van der Waals surface area contributed by atoms with Gasteiger partial charge in [-0.25, -0.2) is 0 Å². The van der Waals surface area contributed by atoms with Crippen LogP contribution < -0.4 is 10.6 Å². The molecule has 0 saturated heterocycles. The Hall–Kier alpha value is -1.78. The summed E-state index contributed by atoms with van der Waals surface area (Å²) in [5, 5.41) is 6.87. The van der Waals surface area contributed by atoms with Gasteiger partial charge in [0.15, 0.2) is 0 Å². The molecule has 0 bridgehead atoms. The van der Waals surface area contributed by atoms with Gasteiger partial charge >= 0.3 is 0 Å². The minimum atomic E-state index is -0.291. The number of nitrogens with zero attached hydrogens (tertiary/aromatic N) is 1. The van der Waals surface area contributed by atoms with E-state index in [1.54, 1.807) is 24.4 Å². The summed E-state index contributed by atoms with van der Waals surface area (Å²) in [5.74, 6) is -0.291. The van der Waals surface area contributed by atoms with E-state index < -0.39 is 0 Å². The molecule has 6 heteroatoms. The zero-order valence-corrected chi connectivity index (χ0v) is 13.2. The number of pyridine rings is 1. The minimum absolute atomic E-state index is 0.291. The first-order valence-corrected chi connectivity index (χ1v) is 7.23. The van der Waals surface area contributed by atoms with Crippen LogP contribution in [0.3, 0.4) is 0 Å². The molecule has 1 amide bonds. The Morgan fingerprint density at radius 1 is 1.24 bits per heavy atom. The number of amides is 1. The predicted octanol–water partition coefficient (Wildman–Crippen LogP) is 4.38. The highest BCUT2D eigenvalue weighted by molar-refractivity contribution is 6.36. The summed E-state index contributed by atoms with van der Waals surface area (Å²) in [6.07, 6.45) is 3.14. The van der Waals surface area contributed by atoms with Crippen molar-refractivity contribution >= 4 is 40.5 Å². The summed E-state index contributed by atoms with van der Waals surface area (Å²) in [7, 11) is 0. The molecule has 2 aromatic rings. The van der Waals surface area contributed by atoms with Crippen molar-refractivity contribution < 1.29 is 4.79 Å². The SMILES string of the molecule is CCNc1ccncc1C(=O)Nc1cc(Cl)c(C)cc1Cl. The van der Waals surface area contributed by atoms with Gasteiger partial charge in [-0.3, -0.25) is 9.78 Å². The number of aryl methyl sites for hydroxylation is 1. The lowest BCUT2D eigenvalue weighted by atomic mass is 10.2. The van der Waals surface area contributed by atoms with Gasteiger partial charge in [0, 0.05) is 24.0 Å². The largest absolute Gasteiger partial charge is 0.385 e. The van der Waals surface area contributed by atoms with E-state index in [0.29, 0.717) is 27.8 Å². The second-order valence-electron chi connectivity index (χ2n) is 4.49. The van der Waals surface area contributed by atoms with E-state index in [4.69, 9.17) is 23.2 Å². The monoisotopic (exact) mass is 323 g/mol. The van der Waals surface area contributed by atoms with E-state index in [-0.39, 0.29) is 5.91 Å². The molecule has 0 atom stereocenters. The summed E-state index contributed by atoms with van der Waals surface area (Å²) in [4.78, 5) is 16.3. The van der Waals surface area contributed by atoms with Crippen LogP contribution in [0.25, 0.3) is 0 Å². The van der Waals surface area contributed by atoms with Gasteiger partial charge in [0.25, 0.3) is 5.91 Å². The van der Waals surface area contributed by atoms with Gasteiger partial charge in [-0.1, -0.05) is 23.2 Å². The minimum Gasteiger partial charge on any atom is -0.385 e. The number of hydrogen-bond donors (Lipinski definition) is 2. The molecule has 4 nitrogen and oxygen atoms in total. The zero-order valence-electron chi connectivity index (χ0n) is 11.7. The van der Waals surface area contributed by atoms with Gasteiger partial charge in [0.1, 0.15) is 0 Å². The molecule has 0 aliphatic rings. The van der Waals surface area contributed by atoms with Crippen LogP contribution in [-0.2, 0) is 0 Å². The molecule has 0 aliphatic heterocycles. The van der Waals surface area contributed by atoms with E-state index in [2.05, 4.69) is 15.6 Å². The molecule has 2 rings (SSSR count). The molecule has 110 valence electrons. The number of nitrogens with one attached hydrogen (secondary N) is 2. The van der Waals surface area contributed by atoms with Crippen molar-refractivity contribution in [3.8, 4) is 0 Å². The number of anilines is 2. The molecule has 0 spiro atoms. The van der Waals surface area contributed by atoms with Crippen molar-refractivity contribution in [2.24, 2.45) is 0 Å². The second-order valence-corrected chi connectivity index (χ2v) is 5.30. The molecule has 1 aromatic carbocycles. The molecule has 1 aromatic heterocycles. The van der Waals surface area contributed by atoms with Crippen LogP contribution in [0.2, 0.25) is 10.0 Å². The molecule has 0 aliphatic carbocycles. The third kappa shape index (κ3) is 3.65. The lowest BCUT2D eigenvalue weighted by Gasteiger charge is -2.12. The summed E-state index contributed by atoms with van der Waals surface area (Å²) in [6.45, 7) is 4.52. The standard InChI is InChI=1S/C15H15Cl2N3O/c1-3-19-13-4-5-18-8-10(13)15(21)20-14-7-11(16)9(2)6-12(14)17/h4-8H,3H2,1-2H3,(H,18,19)(H,20,21). The van der Waals surface area contributed by atoms with Gasteiger partial charge in [0.2, 0.25) is 0 Å². The quantitative estimate of drug-likeness (QED) is 0.877. The van der Waals surface area contributed by atoms with Crippen molar-refractivity contribution in [1.29, 1.82) is 0 Å². The van der Waals surface area contributed by atoms with Crippen molar-refractivity contribution in [1.82, 2.24) is 4.98 Å². The van der Waals surface area contributed by atoms with Crippen LogP contribution in [0.1, 0.15) is 22.8 Å². The Balaban J connectivity index is 2.28. The van der Waals surface area contributed by atoms with Crippen molar-refractivity contribution in [3.05, 3.63) is 51.8 Å². The number of benzene rings is 1. The summed E-state index contributed by atoms with van der Waals surface area (Å²) >= 11 is 12.2. The van der Waals surface area contributed by atoms with E-state index in [1.165, 1.54) is 6.20 Å². The van der Waals surface area contributed by atoms with Gasteiger partial charge in [-0.2, -0.15) is 0 Å². The molecule has 0 fully saturated rings. The first-order chi connectivity index (χ1) is 10.0. The molecule has 0 unspecified atom stereocenters. The number of hydrogen-bond acceptors (Lipinski definition) is 3. The number of rotatable bonds is 4. The average Bonchev–Trinajstić information content (AvgIpc) is 2.45. The van der Waals surface area contributed by atoms with Gasteiger partial charge < -0.3 is 10.6 Å². The summed E-state index contributed by atoms with van der Waals surface area (Å²) in [6, 6.07) is 5.11. The number of carbonyl (C=O) groups is 1. The van der Waals surface area contributed by atoms with Crippen LogP contribution in [0, 0.1) is 6.92 Å². The Morgan fingerprint density at radius 2 is 2.00 bits per heavy atom. The van der Waals surface area contributed by atoms with E-state index >= 15 is 0 Å². The van der Waals surface area contributed by atoms with Crippen molar-refractivity contribution in [3.63, 3.8) is 0 Å². The number of halogens is 2. The Labute approximate surface area is 133 Å². The summed E-state index contributed by atoms with van der Waals surface area (Å²) in [5.41, 5.74) is 2.50. The van der Waals surface area contributed by atoms with Gasteiger partial charge in [-0.15, -0.1) is 0 Å². The number of carbonyl (C=O) groups excluding carboxylic acids is 1. The lowest BCUT2D eigenvalue weighted by molar-refractivity contribution is 0.102. The summed E-state index contributed by atoms with van der Waals surface area (Å²) < 4.78 is 0. The normalized spacial score (nSPS) is 10.3. The highest BCUT2D eigenvalue weighted by Crippen LogP contribution is 2.29. The predicted molar refractivity (Wildman–Crippen MR) is 87.6 cm³/mol. The van der Waals surface area contributed by atoms with Crippen LogP contribution in [-0.4, -0.2) is 17.4 Å². The van der Waals surface area contributed by atoms with Crippen molar-refractivity contribution in [2.75, 3.05) is 17.2 Å². The van der Waals surface area contributed by atoms with Crippen LogP contribution in [0.4, 0.5) is 11.4 Å². The fraction of sp³-hybridized carbons (Fsp3) is 0.200. The fourth-order valence-electron chi connectivity index (χ4n) is 1.85. The Kier molecular flexibility index (Phi) is 5.04. The highest BCUT2D eigenvalue weighted by atomic mass is 35.5. The van der Waals surface area contributed by atoms with Gasteiger partial charge in [-0.05, 0) is 37.6 Å². The molecule has 0 radical (unpaired) electrons. The molecule has 0 saturated carbocycles. The molecule has 2 N–H and O–H groups in total. The molecule has 1 heterocycles. The zero-order chi connectivity index (χ0) is 15.4. The maximum atomic E-state index is 12.4. The number of aromatic nitrogens is 1. The first-order valence-electron chi connectivity index (χ1n) is 6.47. The maximum absolute atomic E-state index is 12.4. The first kappa shape index (κ1) is 15.6. The van der Waals surface area contributed by atoms with Crippen LogP contribution >= 0.6 is 23.2 Å². The maximum Gasteiger partial charge on any atom is 0.259 e. The topological polar surface area (TPSA) is 54.0 Å². The molecule has 21 heavy (non-hydrogen) atoms. The van der Waals surface area contributed by atoms with Crippen molar-refractivity contribution in [2.45, 2.75) is 13.8 Å². The Bertz CT molecular complexity index is 674. The smallest absolute Gasteiger partial charge is 0.259 e. The highest BCUT2D eigenvalue weighted by Gasteiger charge is 2.14. The van der Waals surface area contributed by atoms with Gasteiger partial charge in [0.05, 0.1) is 22.0 Å². The van der Waals surface area contributed by atoms with E-state index in [0.717, 1.165) is 11.3 Å². The van der Waals surface area contributed by atoms with E-state index in [9.17, 15) is 4.79 Å². The molecular formula is C15H15Cl2N3O. The lowest BCUT2D eigenvalue weighted by Crippen LogP contribution is -2.15. The average molecular weight is 324 g/mol. The Morgan fingerprint density at radius 3 is 2.71 bits per heavy atom. The third-order valence-electron chi connectivity index (χ3n) is 2.93. The third-order valence-corrected chi connectivity index (χ3v) is 3.65.